The number of rotatable bonds is 3. The van der Waals surface area contributed by atoms with E-state index >= 15 is 0 Å². The van der Waals surface area contributed by atoms with Gasteiger partial charge in [-0.05, 0) is 62.5 Å². The van der Waals surface area contributed by atoms with Gasteiger partial charge in [0.25, 0.3) is 0 Å². The van der Waals surface area contributed by atoms with Gasteiger partial charge in [-0.15, -0.1) is 0 Å². The number of esters is 1. The maximum absolute atomic E-state index is 13.0. The number of Topliss-reactive ketones (excluding diaryl/α,β-unsaturated/α-hetero) is 1. The third-order valence-electron chi connectivity index (χ3n) is 8.36. The lowest BCUT2D eigenvalue weighted by molar-refractivity contribution is -0.167. The molecule has 0 spiro atoms. The Balaban J connectivity index is 1.71. The van der Waals surface area contributed by atoms with E-state index in [1.807, 2.05) is 19.9 Å². The van der Waals surface area contributed by atoms with Gasteiger partial charge in [0.05, 0.1) is 0 Å². The van der Waals surface area contributed by atoms with Crippen molar-refractivity contribution in [1.82, 2.24) is 0 Å². The van der Waals surface area contributed by atoms with Crippen LogP contribution in [-0.4, -0.2) is 34.9 Å². The molecule has 0 aliphatic heterocycles. The zero-order chi connectivity index (χ0) is 21.2. The highest BCUT2D eigenvalue weighted by Gasteiger charge is 2.67. The van der Waals surface area contributed by atoms with Crippen molar-refractivity contribution in [1.29, 1.82) is 0 Å². The Morgan fingerprint density at radius 3 is 2.72 bits per heavy atom. The molecule has 5 nitrogen and oxygen atoms in total. The second-order valence-electron chi connectivity index (χ2n) is 9.75. The van der Waals surface area contributed by atoms with Gasteiger partial charge in [0, 0.05) is 17.8 Å². The number of ether oxygens (including phenoxy) is 1. The summed E-state index contributed by atoms with van der Waals surface area (Å²) >= 11 is 0. The van der Waals surface area contributed by atoms with E-state index in [9.17, 15) is 19.5 Å². The number of aliphatic hydroxyl groups is 1. The first-order chi connectivity index (χ1) is 13.5. The van der Waals surface area contributed by atoms with E-state index < -0.39 is 22.8 Å². The highest BCUT2D eigenvalue weighted by molar-refractivity contribution is 6.01. The lowest BCUT2D eigenvalue weighted by Crippen LogP contribution is -2.57. The average molecular weight is 398 g/mol. The van der Waals surface area contributed by atoms with Crippen LogP contribution in [0.1, 0.15) is 53.4 Å². The van der Waals surface area contributed by atoms with Crippen molar-refractivity contribution in [3.63, 3.8) is 0 Å². The minimum Gasteiger partial charge on any atom is -0.458 e. The zero-order valence-corrected chi connectivity index (χ0v) is 17.7. The summed E-state index contributed by atoms with van der Waals surface area (Å²) in [6.07, 6.45) is 10.8. The number of hydrogen-bond acceptors (Lipinski definition) is 5. The van der Waals surface area contributed by atoms with Crippen LogP contribution >= 0.6 is 0 Å². The Kier molecular flexibility index (Phi) is 4.54. The predicted octanol–water partition coefficient (Wildman–Crippen LogP) is 3.32. The molecule has 156 valence electrons. The molecule has 0 amide bonds. The summed E-state index contributed by atoms with van der Waals surface area (Å²) in [5.74, 6) is -0.621. The quantitative estimate of drug-likeness (QED) is 0.583. The molecule has 0 aromatic heterocycles. The van der Waals surface area contributed by atoms with E-state index in [2.05, 4.69) is 13.0 Å². The first-order valence-electron chi connectivity index (χ1n) is 10.6. The van der Waals surface area contributed by atoms with Crippen molar-refractivity contribution >= 4 is 17.5 Å². The van der Waals surface area contributed by atoms with Gasteiger partial charge in [0.2, 0.25) is 5.78 Å². The molecule has 4 aliphatic rings. The molecule has 1 N–H and O–H groups in total. The van der Waals surface area contributed by atoms with Crippen molar-refractivity contribution in [3.8, 4) is 0 Å². The lowest BCUT2D eigenvalue weighted by Gasteiger charge is -2.53. The summed E-state index contributed by atoms with van der Waals surface area (Å²) < 4.78 is 4.95. The number of carbonyl (C=O) groups is 3. The molecule has 0 bridgehead atoms. The number of allylic oxidation sites excluding steroid dienone is 6. The van der Waals surface area contributed by atoms with E-state index in [4.69, 9.17) is 4.74 Å². The van der Waals surface area contributed by atoms with Crippen molar-refractivity contribution < 1.29 is 24.2 Å². The topological polar surface area (TPSA) is 80.7 Å². The monoisotopic (exact) mass is 398 g/mol. The largest absolute Gasteiger partial charge is 0.458 e. The molecule has 2 saturated carbocycles. The first kappa shape index (κ1) is 20.3. The molecule has 0 aromatic rings. The van der Waals surface area contributed by atoms with Crippen LogP contribution in [0.3, 0.4) is 0 Å². The van der Waals surface area contributed by atoms with Crippen LogP contribution in [0.5, 0.6) is 0 Å². The average Bonchev–Trinajstić information content (AvgIpc) is 2.88. The SMILES string of the molecule is CC(=O)OCC(=O)[C@@]1(O)C(C)C[C@H]2[C@@H]3CCC4=CC(=O)C=C[C@]4(C)C3=CC[C@@]21C. The van der Waals surface area contributed by atoms with Crippen LogP contribution in [0.4, 0.5) is 0 Å². The normalized spacial score (nSPS) is 42.9. The summed E-state index contributed by atoms with van der Waals surface area (Å²) in [4.78, 5) is 36.1. The lowest BCUT2D eigenvalue weighted by atomic mass is 9.51. The molecule has 4 rings (SSSR count). The standard InChI is InChI=1S/C24H30O5/c1-14-11-20-18-6-5-16-12-17(26)7-9-22(16,3)19(18)8-10-23(20,4)24(14,28)21(27)13-29-15(2)25/h7-9,12,14,18,20,28H,5-6,10-11,13H2,1-4H3/t14?,18-,20+,22+,23+,24+/m1/s1. The predicted molar refractivity (Wildman–Crippen MR) is 108 cm³/mol. The fourth-order valence-corrected chi connectivity index (χ4v) is 6.74. The van der Waals surface area contributed by atoms with Crippen LogP contribution < -0.4 is 0 Å². The molecular formula is C24H30O5. The van der Waals surface area contributed by atoms with Crippen molar-refractivity contribution in [2.75, 3.05) is 6.61 Å². The molecule has 2 fully saturated rings. The molecule has 0 saturated heterocycles. The third kappa shape index (κ3) is 2.66. The molecule has 0 heterocycles. The fraction of sp³-hybridized carbons (Fsp3) is 0.625. The maximum atomic E-state index is 13.0. The molecule has 4 aliphatic carbocycles. The van der Waals surface area contributed by atoms with E-state index in [0.717, 1.165) is 19.3 Å². The van der Waals surface area contributed by atoms with E-state index in [-0.39, 0.29) is 35.6 Å². The molecule has 1 unspecified atom stereocenters. The van der Waals surface area contributed by atoms with Crippen LogP contribution in [-0.2, 0) is 19.1 Å². The van der Waals surface area contributed by atoms with Gasteiger partial charge in [-0.25, -0.2) is 0 Å². The van der Waals surface area contributed by atoms with Crippen LogP contribution in [0.2, 0.25) is 0 Å². The smallest absolute Gasteiger partial charge is 0.303 e. The maximum Gasteiger partial charge on any atom is 0.303 e. The summed E-state index contributed by atoms with van der Waals surface area (Å²) in [5.41, 5.74) is 0.145. The Morgan fingerprint density at radius 1 is 1.31 bits per heavy atom. The summed E-state index contributed by atoms with van der Waals surface area (Å²) in [6.45, 7) is 7.03. The van der Waals surface area contributed by atoms with Gasteiger partial charge >= 0.3 is 5.97 Å². The molecule has 0 aromatic carbocycles. The Morgan fingerprint density at radius 2 is 2.03 bits per heavy atom. The minimum atomic E-state index is -1.51. The van der Waals surface area contributed by atoms with Crippen LogP contribution in [0, 0.1) is 28.6 Å². The van der Waals surface area contributed by atoms with E-state index in [1.165, 1.54) is 18.1 Å². The highest BCUT2D eigenvalue weighted by Crippen LogP contribution is 2.66. The minimum absolute atomic E-state index is 0.0529. The number of carbonyl (C=O) groups excluding carboxylic acids is 3. The van der Waals surface area contributed by atoms with E-state index in [1.54, 1.807) is 12.2 Å². The molecule has 6 atom stereocenters. The Hall–Kier alpha value is -2.01. The summed E-state index contributed by atoms with van der Waals surface area (Å²) in [5, 5.41) is 11.7. The van der Waals surface area contributed by atoms with Crippen molar-refractivity contribution in [3.05, 3.63) is 35.5 Å². The van der Waals surface area contributed by atoms with Crippen LogP contribution in [0.15, 0.2) is 35.5 Å². The molecular weight excluding hydrogens is 368 g/mol. The molecule has 29 heavy (non-hydrogen) atoms. The van der Waals surface area contributed by atoms with Crippen molar-refractivity contribution in [2.24, 2.45) is 28.6 Å². The fourth-order valence-electron chi connectivity index (χ4n) is 6.74. The second-order valence-corrected chi connectivity index (χ2v) is 9.75. The van der Waals surface area contributed by atoms with Gasteiger partial charge in [-0.1, -0.05) is 37.1 Å². The number of hydrogen-bond donors (Lipinski definition) is 1. The molecule has 5 heteroatoms. The van der Waals surface area contributed by atoms with Gasteiger partial charge in [0.15, 0.2) is 12.4 Å². The third-order valence-corrected chi connectivity index (χ3v) is 8.36. The second kappa shape index (κ2) is 6.49. The number of fused-ring (bicyclic) bond motifs is 5. The van der Waals surface area contributed by atoms with Crippen LogP contribution in [0.25, 0.3) is 0 Å². The number of ketones is 2. The van der Waals surface area contributed by atoms with Crippen molar-refractivity contribution in [2.45, 2.75) is 59.0 Å². The van der Waals surface area contributed by atoms with Gasteiger partial charge in [-0.2, -0.15) is 0 Å². The molecule has 0 radical (unpaired) electrons. The Labute approximate surface area is 171 Å². The van der Waals surface area contributed by atoms with Gasteiger partial charge in [0.1, 0.15) is 5.60 Å². The summed E-state index contributed by atoms with van der Waals surface area (Å²) in [7, 11) is 0. The first-order valence-corrected chi connectivity index (χ1v) is 10.6. The summed E-state index contributed by atoms with van der Waals surface area (Å²) in [6, 6.07) is 0. The zero-order valence-electron chi connectivity index (χ0n) is 17.7. The Bertz CT molecular complexity index is 880. The van der Waals surface area contributed by atoms with E-state index in [0.29, 0.717) is 6.42 Å². The van der Waals surface area contributed by atoms with Gasteiger partial charge in [-0.3, -0.25) is 14.4 Å². The highest BCUT2D eigenvalue weighted by atomic mass is 16.5. The van der Waals surface area contributed by atoms with Gasteiger partial charge < -0.3 is 9.84 Å².